The molecule has 0 spiro atoms. The molecule has 6 nitrogen and oxygen atoms in total. The molecule has 0 fully saturated rings. The van der Waals surface area contributed by atoms with Crippen molar-refractivity contribution in [2.75, 3.05) is 6.61 Å². The summed E-state index contributed by atoms with van der Waals surface area (Å²) in [7, 11) is 0. The maximum absolute atomic E-state index is 12.9. The van der Waals surface area contributed by atoms with Crippen molar-refractivity contribution < 1.29 is 9.53 Å². The first kappa shape index (κ1) is 19.9. The fraction of sp³-hybridized carbons (Fsp3) is 0.217. The van der Waals surface area contributed by atoms with Crippen LogP contribution in [0.4, 0.5) is 0 Å². The Morgan fingerprint density at radius 3 is 2.41 bits per heavy atom. The molecular formula is C23H20N4O2. The third-order valence-corrected chi connectivity index (χ3v) is 4.88. The summed E-state index contributed by atoms with van der Waals surface area (Å²) in [6, 6.07) is 14.3. The van der Waals surface area contributed by atoms with Crippen molar-refractivity contribution in [3.05, 3.63) is 76.9 Å². The summed E-state index contributed by atoms with van der Waals surface area (Å²) in [5.41, 5.74) is 4.72. The quantitative estimate of drug-likeness (QED) is 0.619. The van der Waals surface area contributed by atoms with Crippen molar-refractivity contribution >= 4 is 5.97 Å². The molecule has 0 saturated heterocycles. The van der Waals surface area contributed by atoms with E-state index in [9.17, 15) is 10.1 Å². The van der Waals surface area contributed by atoms with E-state index >= 15 is 0 Å². The van der Waals surface area contributed by atoms with Gasteiger partial charge in [0.2, 0.25) is 0 Å². The monoisotopic (exact) mass is 384 g/mol. The Balaban J connectivity index is 2.25. The number of hydrogen-bond acceptors (Lipinski definition) is 5. The number of hydrogen-bond donors (Lipinski definition) is 0. The smallest absolute Gasteiger partial charge is 0.333 e. The minimum Gasteiger partial charge on any atom is -0.464 e. The third kappa shape index (κ3) is 3.61. The van der Waals surface area contributed by atoms with Crippen LogP contribution >= 0.6 is 0 Å². The van der Waals surface area contributed by atoms with E-state index in [0.29, 0.717) is 22.4 Å². The molecule has 0 saturated carbocycles. The number of carbonyl (C=O) groups is 1. The molecule has 0 N–H and O–H groups in total. The van der Waals surface area contributed by atoms with E-state index in [2.05, 4.69) is 17.1 Å². The van der Waals surface area contributed by atoms with Crippen LogP contribution < -0.4 is 0 Å². The highest BCUT2D eigenvalue weighted by molar-refractivity contribution is 5.81. The van der Waals surface area contributed by atoms with Gasteiger partial charge in [-0.15, -0.1) is 0 Å². The summed E-state index contributed by atoms with van der Waals surface area (Å²) >= 11 is 0. The molecule has 3 rings (SSSR count). The Labute approximate surface area is 169 Å². The average Bonchev–Trinajstić information content (AvgIpc) is 2.99. The Morgan fingerprint density at radius 1 is 1.14 bits per heavy atom. The van der Waals surface area contributed by atoms with Crippen molar-refractivity contribution in [1.82, 2.24) is 9.55 Å². The molecule has 2 heterocycles. The number of nitriles is 2. The van der Waals surface area contributed by atoms with Crippen molar-refractivity contribution in [2.24, 2.45) is 0 Å². The molecule has 144 valence electrons. The van der Waals surface area contributed by atoms with Crippen LogP contribution in [0.1, 0.15) is 41.0 Å². The molecule has 0 aliphatic heterocycles. The zero-order valence-electron chi connectivity index (χ0n) is 16.5. The molecule has 6 heteroatoms. The summed E-state index contributed by atoms with van der Waals surface area (Å²) in [4.78, 5) is 17.0. The molecule has 1 aromatic carbocycles. The lowest BCUT2D eigenvalue weighted by Crippen LogP contribution is -2.25. The second kappa shape index (κ2) is 8.41. The molecule has 3 aromatic rings. The van der Waals surface area contributed by atoms with Gasteiger partial charge >= 0.3 is 5.97 Å². The van der Waals surface area contributed by atoms with Crippen molar-refractivity contribution in [3.8, 4) is 23.3 Å². The van der Waals surface area contributed by atoms with Crippen LogP contribution in [0.15, 0.2) is 48.8 Å². The topological polar surface area (TPSA) is 91.7 Å². The van der Waals surface area contributed by atoms with E-state index in [-0.39, 0.29) is 6.61 Å². The standard InChI is InChI=1S/C23H20N4O2/c1-4-29-23(28)22(19-6-5-11-26-14-19)27-15(2)20(13-25)21(16(27)3)18-9-7-17(12-24)8-10-18/h5-11,14,22H,4H2,1-3H3. The average molecular weight is 384 g/mol. The van der Waals surface area contributed by atoms with Gasteiger partial charge in [-0.3, -0.25) is 4.98 Å². The fourth-order valence-corrected chi connectivity index (χ4v) is 3.59. The van der Waals surface area contributed by atoms with Crippen LogP contribution in [0.3, 0.4) is 0 Å². The van der Waals surface area contributed by atoms with Crippen LogP contribution in [0, 0.1) is 36.5 Å². The zero-order chi connectivity index (χ0) is 21.0. The number of rotatable bonds is 5. The first-order chi connectivity index (χ1) is 14.0. The van der Waals surface area contributed by atoms with Crippen LogP contribution in [-0.2, 0) is 9.53 Å². The molecule has 0 radical (unpaired) electrons. The Hall–Kier alpha value is -3.90. The Kier molecular flexibility index (Phi) is 5.76. The molecule has 0 aliphatic carbocycles. The lowest BCUT2D eigenvalue weighted by Gasteiger charge is -2.21. The molecule has 2 aromatic heterocycles. The molecule has 0 aliphatic rings. The number of pyridine rings is 1. The SMILES string of the molecule is CCOC(=O)C(c1cccnc1)n1c(C)c(C#N)c(-c2ccc(C#N)cc2)c1C. The van der Waals surface area contributed by atoms with Gasteiger partial charge in [-0.2, -0.15) is 10.5 Å². The predicted octanol–water partition coefficient (Wildman–Crippen LogP) is 4.06. The molecule has 0 amide bonds. The van der Waals surface area contributed by atoms with Crippen LogP contribution in [-0.4, -0.2) is 22.1 Å². The highest BCUT2D eigenvalue weighted by Crippen LogP contribution is 2.36. The number of carbonyl (C=O) groups excluding carboxylic acids is 1. The predicted molar refractivity (Wildman–Crippen MR) is 108 cm³/mol. The maximum atomic E-state index is 12.9. The number of aromatic nitrogens is 2. The summed E-state index contributed by atoms with van der Waals surface area (Å²) in [6.45, 7) is 5.71. The highest BCUT2D eigenvalue weighted by Gasteiger charge is 2.30. The largest absolute Gasteiger partial charge is 0.464 e. The van der Waals surface area contributed by atoms with Gasteiger partial charge < -0.3 is 9.30 Å². The molecule has 1 unspecified atom stereocenters. The van der Waals surface area contributed by atoms with Gasteiger partial charge in [0, 0.05) is 34.9 Å². The van der Waals surface area contributed by atoms with E-state index in [1.807, 2.05) is 36.6 Å². The van der Waals surface area contributed by atoms with E-state index in [1.165, 1.54) is 0 Å². The van der Waals surface area contributed by atoms with Gasteiger partial charge in [0.05, 0.1) is 23.8 Å². The van der Waals surface area contributed by atoms with Gasteiger partial charge in [-0.25, -0.2) is 4.79 Å². The second-order valence-corrected chi connectivity index (χ2v) is 6.53. The van der Waals surface area contributed by atoms with E-state index in [4.69, 9.17) is 10.00 Å². The molecule has 1 atom stereocenters. The first-order valence-electron chi connectivity index (χ1n) is 9.22. The van der Waals surface area contributed by atoms with Gasteiger partial charge in [0.1, 0.15) is 6.07 Å². The summed E-state index contributed by atoms with van der Waals surface area (Å²) in [5.74, 6) is -0.405. The highest BCUT2D eigenvalue weighted by atomic mass is 16.5. The summed E-state index contributed by atoms with van der Waals surface area (Å²) in [5, 5.41) is 18.9. The Bertz CT molecular complexity index is 1120. The van der Waals surface area contributed by atoms with Crippen LogP contribution in [0.2, 0.25) is 0 Å². The van der Waals surface area contributed by atoms with Crippen molar-refractivity contribution in [2.45, 2.75) is 26.8 Å². The third-order valence-electron chi connectivity index (χ3n) is 4.88. The lowest BCUT2D eigenvalue weighted by atomic mass is 10.00. The zero-order valence-corrected chi connectivity index (χ0v) is 16.5. The van der Waals surface area contributed by atoms with E-state index < -0.39 is 12.0 Å². The lowest BCUT2D eigenvalue weighted by molar-refractivity contribution is -0.145. The minimum absolute atomic E-state index is 0.253. The summed E-state index contributed by atoms with van der Waals surface area (Å²) < 4.78 is 7.17. The fourth-order valence-electron chi connectivity index (χ4n) is 3.59. The summed E-state index contributed by atoms with van der Waals surface area (Å²) in [6.07, 6.45) is 3.28. The minimum atomic E-state index is -0.747. The first-order valence-corrected chi connectivity index (χ1v) is 9.22. The number of nitrogens with zero attached hydrogens (tertiary/aromatic N) is 4. The van der Waals surface area contributed by atoms with E-state index in [0.717, 1.165) is 16.8 Å². The molecule has 29 heavy (non-hydrogen) atoms. The van der Waals surface area contributed by atoms with Gasteiger partial charge in [-0.1, -0.05) is 18.2 Å². The van der Waals surface area contributed by atoms with Crippen molar-refractivity contribution in [1.29, 1.82) is 10.5 Å². The van der Waals surface area contributed by atoms with Gasteiger partial charge in [0.25, 0.3) is 0 Å². The Morgan fingerprint density at radius 2 is 1.86 bits per heavy atom. The number of benzene rings is 1. The number of ether oxygens (including phenoxy) is 1. The molecular weight excluding hydrogens is 364 g/mol. The van der Waals surface area contributed by atoms with E-state index in [1.54, 1.807) is 37.5 Å². The number of esters is 1. The second-order valence-electron chi connectivity index (χ2n) is 6.53. The van der Waals surface area contributed by atoms with Crippen molar-refractivity contribution in [3.63, 3.8) is 0 Å². The maximum Gasteiger partial charge on any atom is 0.333 e. The normalized spacial score (nSPS) is 11.3. The van der Waals surface area contributed by atoms with Crippen LogP contribution in [0.25, 0.3) is 11.1 Å². The van der Waals surface area contributed by atoms with Crippen LogP contribution in [0.5, 0.6) is 0 Å². The van der Waals surface area contributed by atoms with Gasteiger partial charge in [-0.05, 0) is 44.5 Å². The molecule has 0 bridgehead atoms. The van der Waals surface area contributed by atoms with Gasteiger partial charge in [0.15, 0.2) is 6.04 Å².